The molecule has 0 bridgehead atoms. The molecule has 0 aliphatic carbocycles. The molecule has 0 aliphatic rings. The van der Waals surface area contributed by atoms with E-state index in [4.69, 9.17) is 9.47 Å². The molecule has 1 N–H and O–H groups in total. The fraction of sp³-hybridized carbons (Fsp3) is 0.500. The Morgan fingerprint density at radius 1 is 1.04 bits per heavy atom. The topological polar surface area (TPSA) is 84.9 Å². The molecule has 25 heavy (non-hydrogen) atoms. The summed E-state index contributed by atoms with van der Waals surface area (Å²) in [5.74, 6) is -0.536. The summed E-state index contributed by atoms with van der Waals surface area (Å²) in [6.45, 7) is 2.32. The number of esters is 1. The van der Waals surface area contributed by atoms with Gasteiger partial charge in [-0.15, -0.1) is 0 Å². The Morgan fingerprint density at radius 2 is 1.76 bits per heavy atom. The van der Waals surface area contributed by atoms with Crippen molar-refractivity contribution in [2.75, 3.05) is 13.7 Å². The molecule has 1 aromatic rings. The van der Waals surface area contributed by atoms with Crippen molar-refractivity contribution in [3.8, 4) is 0 Å². The minimum atomic E-state index is -0.703. The highest BCUT2D eigenvalue weighted by molar-refractivity contribution is 5.79. The van der Waals surface area contributed by atoms with E-state index < -0.39 is 6.09 Å². The highest BCUT2D eigenvalue weighted by Crippen LogP contribution is 2.02. The van der Waals surface area contributed by atoms with Crippen LogP contribution in [0.4, 0.5) is 4.79 Å². The first-order valence-electron chi connectivity index (χ1n) is 8.42. The number of amides is 2. The molecule has 138 valence electrons. The van der Waals surface area contributed by atoms with Crippen LogP contribution in [-0.2, 0) is 25.7 Å². The van der Waals surface area contributed by atoms with Gasteiger partial charge in [-0.2, -0.15) is 0 Å². The molecule has 0 heterocycles. The van der Waals surface area contributed by atoms with E-state index in [9.17, 15) is 14.4 Å². The van der Waals surface area contributed by atoms with Crippen LogP contribution >= 0.6 is 0 Å². The van der Waals surface area contributed by atoms with E-state index in [0.29, 0.717) is 12.8 Å². The number of carbonyl (C=O) groups is 3. The van der Waals surface area contributed by atoms with E-state index in [-0.39, 0.29) is 31.5 Å². The smallest absolute Gasteiger partial charge is 0.426 e. The molecular weight excluding hydrogens is 324 g/mol. The number of ether oxygens (including phenoxy) is 2. The number of hydrogen-bond donors (Lipinski definition) is 1. The van der Waals surface area contributed by atoms with Crippen molar-refractivity contribution < 1.29 is 23.9 Å². The van der Waals surface area contributed by atoms with Crippen LogP contribution in [0, 0.1) is 0 Å². The molecule has 1 rings (SSSR count). The Morgan fingerprint density at radius 3 is 2.44 bits per heavy atom. The zero-order valence-corrected chi connectivity index (χ0v) is 14.8. The lowest BCUT2D eigenvalue weighted by Gasteiger charge is -2.18. The SMILES string of the molecule is CCCCC(=O)OCCCC(=O)N(C)NC(=O)OCc1ccccc1. The van der Waals surface area contributed by atoms with Crippen LogP contribution in [0.3, 0.4) is 0 Å². The van der Waals surface area contributed by atoms with Gasteiger partial charge in [0.15, 0.2) is 0 Å². The Labute approximate surface area is 148 Å². The molecule has 0 saturated heterocycles. The summed E-state index contributed by atoms with van der Waals surface area (Å²) in [4.78, 5) is 34.9. The number of rotatable bonds is 9. The third kappa shape index (κ3) is 9.34. The summed E-state index contributed by atoms with van der Waals surface area (Å²) >= 11 is 0. The van der Waals surface area contributed by atoms with Crippen LogP contribution in [-0.4, -0.2) is 36.6 Å². The molecule has 1 aromatic carbocycles. The largest absolute Gasteiger partial charge is 0.466 e. The molecule has 0 atom stereocenters. The van der Waals surface area contributed by atoms with E-state index in [1.807, 2.05) is 37.3 Å². The summed E-state index contributed by atoms with van der Waals surface area (Å²) in [7, 11) is 1.44. The monoisotopic (exact) mass is 350 g/mol. The van der Waals surface area contributed by atoms with Gasteiger partial charge in [-0.3, -0.25) is 14.6 Å². The first-order chi connectivity index (χ1) is 12.0. The average Bonchev–Trinajstić information content (AvgIpc) is 2.62. The Hall–Kier alpha value is -2.57. The summed E-state index contributed by atoms with van der Waals surface area (Å²) in [6.07, 6.45) is 2.00. The highest BCUT2D eigenvalue weighted by Gasteiger charge is 2.13. The fourth-order valence-electron chi connectivity index (χ4n) is 1.93. The third-order valence-electron chi connectivity index (χ3n) is 3.38. The van der Waals surface area contributed by atoms with Gasteiger partial charge in [0.05, 0.1) is 6.61 Å². The molecule has 0 radical (unpaired) electrons. The molecule has 0 saturated carbocycles. The summed E-state index contributed by atoms with van der Waals surface area (Å²) in [5.41, 5.74) is 3.20. The van der Waals surface area contributed by atoms with Crippen molar-refractivity contribution >= 4 is 18.0 Å². The number of unbranched alkanes of at least 4 members (excludes halogenated alkanes) is 1. The van der Waals surface area contributed by atoms with E-state index in [1.54, 1.807) is 0 Å². The van der Waals surface area contributed by atoms with Crippen LogP contribution in [0.25, 0.3) is 0 Å². The van der Waals surface area contributed by atoms with Gasteiger partial charge in [-0.1, -0.05) is 43.7 Å². The van der Waals surface area contributed by atoms with Crippen molar-refractivity contribution in [1.82, 2.24) is 10.4 Å². The second kappa shape index (κ2) is 11.9. The number of hydrazine groups is 1. The maximum atomic E-state index is 11.9. The molecule has 7 nitrogen and oxygen atoms in total. The summed E-state index contributed by atoms with van der Waals surface area (Å²) in [5, 5.41) is 1.08. The molecule has 0 aliphatic heterocycles. The van der Waals surface area contributed by atoms with Gasteiger partial charge in [-0.25, -0.2) is 10.2 Å². The number of hydrogen-bond acceptors (Lipinski definition) is 5. The molecule has 0 unspecified atom stereocenters. The second-order valence-corrected chi connectivity index (χ2v) is 5.55. The second-order valence-electron chi connectivity index (χ2n) is 5.55. The van der Waals surface area contributed by atoms with Crippen LogP contribution in [0.15, 0.2) is 30.3 Å². The lowest BCUT2D eigenvalue weighted by molar-refractivity contribution is -0.144. The predicted octanol–water partition coefficient (Wildman–Crippen LogP) is 2.80. The van der Waals surface area contributed by atoms with Crippen molar-refractivity contribution in [2.45, 2.75) is 45.6 Å². The van der Waals surface area contributed by atoms with E-state index in [0.717, 1.165) is 23.4 Å². The zero-order valence-electron chi connectivity index (χ0n) is 14.8. The predicted molar refractivity (Wildman–Crippen MR) is 92.3 cm³/mol. The lowest BCUT2D eigenvalue weighted by Crippen LogP contribution is -2.43. The summed E-state index contributed by atoms with van der Waals surface area (Å²) in [6, 6.07) is 9.24. The first-order valence-corrected chi connectivity index (χ1v) is 8.42. The average molecular weight is 350 g/mol. The highest BCUT2D eigenvalue weighted by atomic mass is 16.6. The molecule has 7 heteroatoms. The number of nitrogens with zero attached hydrogens (tertiary/aromatic N) is 1. The quantitative estimate of drug-likeness (QED) is 0.420. The van der Waals surface area contributed by atoms with Crippen LogP contribution < -0.4 is 5.43 Å². The van der Waals surface area contributed by atoms with E-state index >= 15 is 0 Å². The minimum absolute atomic E-state index is 0.127. The molecule has 0 aromatic heterocycles. The lowest BCUT2D eigenvalue weighted by atomic mass is 10.2. The zero-order chi connectivity index (χ0) is 18.5. The minimum Gasteiger partial charge on any atom is -0.466 e. The number of nitrogens with one attached hydrogen (secondary N) is 1. The van der Waals surface area contributed by atoms with Crippen molar-refractivity contribution in [3.63, 3.8) is 0 Å². The van der Waals surface area contributed by atoms with E-state index in [2.05, 4.69) is 5.43 Å². The van der Waals surface area contributed by atoms with Gasteiger partial charge in [0.1, 0.15) is 6.61 Å². The van der Waals surface area contributed by atoms with Crippen LogP contribution in [0.1, 0.15) is 44.6 Å². The molecule has 0 spiro atoms. The summed E-state index contributed by atoms with van der Waals surface area (Å²) < 4.78 is 10.1. The Balaban J connectivity index is 2.16. The Kier molecular flexibility index (Phi) is 9.74. The number of carbonyl (C=O) groups excluding carboxylic acids is 3. The maximum absolute atomic E-state index is 11.9. The van der Waals surface area contributed by atoms with Gasteiger partial charge in [-0.05, 0) is 18.4 Å². The van der Waals surface area contributed by atoms with Crippen LogP contribution in [0.2, 0.25) is 0 Å². The third-order valence-corrected chi connectivity index (χ3v) is 3.38. The van der Waals surface area contributed by atoms with Crippen molar-refractivity contribution in [2.24, 2.45) is 0 Å². The normalized spacial score (nSPS) is 10.0. The number of benzene rings is 1. The van der Waals surface area contributed by atoms with Crippen molar-refractivity contribution in [1.29, 1.82) is 0 Å². The van der Waals surface area contributed by atoms with Crippen LogP contribution in [0.5, 0.6) is 0 Å². The molecule has 2 amide bonds. The van der Waals surface area contributed by atoms with Gasteiger partial charge >= 0.3 is 12.1 Å². The van der Waals surface area contributed by atoms with Gasteiger partial charge in [0.2, 0.25) is 5.91 Å². The van der Waals surface area contributed by atoms with E-state index in [1.165, 1.54) is 7.05 Å². The molecule has 0 fully saturated rings. The standard InChI is InChI=1S/C18H26N2O5/c1-3-4-12-17(22)24-13-8-11-16(21)20(2)19-18(23)25-14-15-9-6-5-7-10-15/h5-7,9-10H,3-4,8,11-14H2,1-2H3,(H,19,23). The van der Waals surface area contributed by atoms with Crippen molar-refractivity contribution in [3.05, 3.63) is 35.9 Å². The first kappa shape index (κ1) is 20.5. The molecular formula is C18H26N2O5. The maximum Gasteiger partial charge on any atom is 0.426 e. The van der Waals surface area contributed by atoms with Gasteiger partial charge in [0, 0.05) is 19.9 Å². The Bertz CT molecular complexity index is 548. The van der Waals surface area contributed by atoms with Gasteiger partial charge in [0.25, 0.3) is 0 Å². The fourth-order valence-corrected chi connectivity index (χ4v) is 1.93. The van der Waals surface area contributed by atoms with Gasteiger partial charge < -0.3 is 9.47 Å².